The zero-order valence-electron chi connectivity index (χ0n) is 33.7. The van der Waals surface area contributed by atoms with Crippen LogP contribution in [-0.2, 0) is 28.2 Å². The van der Waals surface area contributed by atoms with Crippen LogP contribution in [0.1, 0.15) is 233 Å². The molecule has 0 amide bonds. The van der Waals surface area contributed by atoms with E-state index in [4.69, 9.17) is 19.3 Å². The van der Waals surface area contributed by atoms with Gasteiger partial charge in [0, 0.05) is 12.8 Å². The number of carbonyl (C=O) groups excluding carboxylic acids is 2. The largest absolute Gasteiger partial charge is 0.469 e. The third kappa shape index (κ3) is 41.7. The molecule has 304 valence electrons. The number of ether oxygens (including phenoxy) is 2. The first-order chi connectivity index (χ1) is 24.6. The van der Waals surface area contributed by atoms with Gasteiger partial charge in [0.15, 0.2) is 6.10 Å². The van der Waals surface area contributed by atoms with Crippen LogP contribution in [0.5, 0.6) is 0 Å². The molecule has 0 fully saturated rings. The fourth-order valence-corrected chi connectivity index (χ4v) is 6.92. The molecule has 0 radical (unpaired) electrons. The maximum atomic E-state index is 12.4. The fraction of sp³-hybridized carbons (Fsp3) is 0.952. The molecule has 0 unspecified atom stereocenters. The Morgan fingerprint density at radius 1 is 0.490 bits per heavy atom. The van der Waals surface area contributed by atoms with Gasteiger partial charge in [0.2, 0.25) is 0 Å². The second kappa shape index (κ2) is 37.4. The molecule has 0 aromatic carbocycles. The van der Waals surface area contributed by atoms with Crippen molar-refractivity contribution in [2.45, 2.75) is 239 Å². The Bertz CT molecular complexity index is 815. The molecule has 8 nitrogen and oxygen atoms in total. The van der Waals surface area contributed by atoms with Gasteiger partial charge in [0.05, 0.1) is 6.61 Å². The topological polar surface area (TPSA) is 119 Å². The standard InChI is InChI=1S/C42H83O8P/c1-4-5-6-7-8-9-10-11-17-21-24-27-30-33-36-42(44)50-40(38-49-51(45,46)47)37-48-41(43)35-32-29-26-23-20-18-15-13-12-14-16-19-22-25-28-31-34-39(2)3/h39-40H,4-38H2,1-3H3,(H2,45,46,47)/t40-/m1/s1. The zero-order chi connectivity index (χ0) is 37.7. The number of phosphoric ester groups is 1. The van der Waals surface area contributed by atoms with Crippen LogP contribution in [0.15, 0.2) is 0 Å². The summed E-state index contributed by atoms with van der Waals surface area (Å²) in [5, 5.41) is 0. The summed E-state index contributed by atoms with van der Waals surface area (Å²) in [5.74, 6) is -0.0246. The van der Waals surface area contributed by atoms with Crippen molar-refractivity contribution in [2.24, 2.45) is 5.92 Å². The lowest BCUT2D eigenvalue weighted by molar-refractivity contribution is -0.161. The summed E-state index contributed by atoms with van der Waals surface area (Å²) in [6, 6.07) is 0. The molecule has 0 rings (SSSR count). The summed E-state index contributed by atoms with van der Waals surface area (Å²) in [5.41, 5.74) is 0. The lowest BCUT2D eigenvalue weighted by Crippen LogP contribution is -2.29. The van der Waals surface area contributed by atoms with Crippen LogP contribution < -0.4 is 0 Å². The molecule has 0 aliphatic rings. The molecule has 1 atom stereocenters. The van der Waals surface area contributed by atoms with Crippen molar-refractivity contribution in [3.05, 3.63) is 0 Å². The quantitative estimate of drug-likeness (QED) is 0.0361. The van der Waals surface area contributed by atoms with Gasteiger partial charge in [-0.25, -0.2) is 4.57 Å². The highest BCUT2D eigenvalue weighted by Crippen LogP contribution is 2.36. The highest BCUT2D eigenvalue weighted by Gasteiger charge is 2.23. The van der Waals surface area contributed by atoms with Crippen LogP contribution in [0.25, 0.3) is 0 Å². The number of hydrogen-bond acceptors (Lipinski definition) is 6. The molecule has 0 saturated heterocycles. The molecule has 9 heteroatoms. The minimum atomic E-state index is -4.75. The lowest BCUT2D eigenvalue weighted by Gasteiger charge is -2.18. The average Bonchev–Trinajstić information content (AvgIpc) is 3.08. The maximum absolute atomic E-state index is 12.4. The number of rotatable bonds is 40. The highest BCUT2D eigenvalue weighted by atomic mass is 31.2. The van der Waals surface area contributed by atoms with E-state index in [9.17, 15) is 14.2 Å². The van der Waals surface area contributed by atoms with E-state index in [1.807, 2.05) is 0 Å². The number of unbranched alkanes of at least 4 members (excludes halogenated alkanes) is 28. The predicted octanol–water partition coefficient (Wildman–Crippen LogP) is 13.1. The van der Waals surface area contributed by atoms with Crippen molar-refractivity contribution < 1.29 is 37.9 Å². The Balaban J connectivity index is 3.83. The van der Waals surface area contributed by atoms with Gasteiger partial charge in [0.1, 0.15) is 6.61 Å². The summed E-state index contributed by atoms with van der Waals surface area (Å²) in [7, 11) is -4.75. The van der Waals surface area contributed by atoms with Crippen LogP contribution >= 0.6 is 7.82 Å². The molecule has 0 bridgehead atoms. The zero-order valence-corrected chi connectivity index (χ0v) is 34.6. The SMILES string of the molecule is CCCCCCCCCCCCCCCCC(=O)O[C@H](COC(=O)CCCCCCCCCCCCCCCCCCC(C)C)COP(=O)(O)O. The third-order valence-corrected chi connectivity index (χ3v) is 10.3. The number of esters is 2. The molecule has 0 aliphatic carbocycles. The Kier molecular flexibility index (Phi) is 36.7. The second-order valence-electron chi connectivity index (χ2n) is 15.5. The lowest BCUT2D eigenvalue weighted by atomic mass is 10.0. The molecule has 2 N–H and O–H groups in total. The van der Waals surface area contributed by atoms with E-state index in [2.05, 4.69) is 25.3 Å². The molecule has 0 saturated carbocycles. The minimum Gasteiger partial charge on any atom is -0.462 e. The van der Waals surface area contributed by atoms with Gasteiger partial charge < -0.3 is 19.3 Å². The van der Waals surface area contributed by atoms with Gasteiger partial charge in [-0.3, -0.25) is 14.1 Å². The maximum Gasteiger partial charge on any atom is 0.469 e. The van der Waals surface area contributed by atoms with Crippen molar-refractivity contribution >= 4 is 19.8 Å². The van der Waals surface area contributed by atoms with Crippen molar-refractivity contribution in [1.82, 2.24) is 0 Å². The van der Waals surface area contributed by atoms with Crippen LogP contribution in [0, 0.1) is 5.92 Å². The van der Waals surface area contributed by atoms with Crippen molar-refractivity contribution in [1.29, 1.82) is 0 Å². The highest BCUT2D eigenvalue weighted by molar-refractivity contribution is 7.46. The Hall–Kier alpha value is -0.950. The molecule has 0 heterocycles. The smallest absolute Gasteiger partial charge is 0.462 e. The minimum absolute atomic E-state index is 0.219. The summed E-state index contributed by atoms with van der Waals surface area (Å²) < 4.78 is 26.4. The van der Waals surface area contributed by atoms with Gasteiger partial charge in [0.25, 0.3) is 0 Å². The molecule has 0 aliphatic heterocycles. The van der Waals surface area contributed by atoms with Crippen LogP contribution in [0.2, 0.25) is 0 Å². The summed E-state index contributed by atoms with van der Waals surface area (Å²) in [4.78, 5) is 42.8. The third-order valence-electron chi connectivity index (χ3n) is 9.80. The van der Waals surface area contributed by atoms with Gasteiger partial charge in [-0.15, -0.1) is 0 Å². The normalized spacial score (nSPS) is 12.4. The summed E-state index contributed by atoms with van der Waals surface area (Å²) in [6.07, 6.45) is 38.3. The molecule has 51 heavy (non-hydrogen) atoms. The predicted molar refractivity (Wildman–Crippen MR) is 212 cm³/mol. The number of carbonyl (C=O) groups is 2. The van der Waals surface area contributed by atoms with Crippen LogP contribution in [0.3, 0.4) is 0 Å². The molecule has 0 spiro atoms. The van der Waals surface area contributed by atoms with Gasteiger partial charge in [-0.1, -0.05) is 207 Å². The number of phosphoric acid groups is 1. The fourth-order valence-electron chi connectivity index (χ4n) is 6.56. The molecule has 0 aromatic rings. The van der Waals surface area contributed by atoms with Gasteiger partial charge in [-0.2, -0.15) is 0 Å². The Morgan fingerprint density at radius 3 is 1.18 bits per heavy atom. The monoisotopic (exact) mass is 747 g/mol. The Labute approximate surface area is 315 Å². The summed E-state index contributed by atoms with van der Waals surface area (Å²) >= 11 is 0. The molecular weight excluding hydrogens is 663 g/mol. The first-order valence-electron chi connectivity index (χ1n) is 21.7. The first-order valence-corrected chi connectivity index (χ1v) is 23.2. The number of hydrogen-bond donors (Lipinski definition) is 2. The van der Waals surface area contributed by atoms with E-state index in [1.54, 1.807) is 0 Å². The van der Waals surface area contributed by atoms with E-state index in [0.717, 1.165) is 38.0 Å². The molecular formula is C42H83O8P. The van der Waals surface area contributed by atoms with Crippen LogP contribution in [-0.4, -0.2) is 41.0 Å². The van der Waals surface area contributed by atoms with Crippen molar-refractivity contribution in [3.63, 3.8) is 0 Å². The molecule has 0 aromatic heterocycles. The van der Waals surface area contributed by atoms with E-state index in [-0.39, 0.29) is 19.4 Å². The van der Waals surface area contributed by atoms with Gasteiger partial charge in [-0.05, 0) is 18.8 Å². The van der Waals surface area contributed by atoms with Gasteiger partial charge >= 0.3 is 19.8 Å². The van der Waals surface area contributed by atoms with E-state index in [1.165, 1.54) is 161 Å². The van der Waals surface area contributed by atoms with Crippen LogP contribution in [0.4, 0.5) is 0 Å². The van der Waals surface area contributed by atoms with E-state index >= 15 is 0 Å². The average molecular weight is 747 g/mol. The Morgan fingerprint density at radius 2 is 0.824 bits per heavy atom. The van der Waals surface area contributed by atoms with Crippen molar-refractivity contribution in [2.75, 3.05) is 13.2 Å². The van der Waals surface area contributed by atoms with Crippen molar-refractivity contribution in [3.8, 4) is 0 Å². The van der Waals surface area contributed by atoms with E-state index < -0.39 is 32.5 Å². The second-order valence-corrected chi connectivity index (χ2v) is 16.8. The summed E-state index contributed by atoms with van der Waals surface area (Å²) in [6.45, 7) is 6.07. The first kappa shape index (κ1) is 50.1. The van der Waals surface area contributed by atoms with E-state index in [0.29, 0.717) is 6.42 Å².